The van der Waals surface area contributed by atoms with E-state index in [0.717, 1.165) is 38.8 Å². The Hall–Kier alpha value is -1.34. The van der Waals surface area contributed by atoms with Crippen molar-refractivity contribution in [1.82, 2.24) is 10.6 Å². The van der Waals surface area contributed by atoms with Gasteiger partial charge in [0.2, 0.25) is 0 Å². The molecule has 11 nitrogen and oxygen atoms in total. The largest absolute Gasteiger partial charge is 0.480 e. The summed E-state index contributed by atoms with van der Waals surface area (Å²) in [5.74, 6) is -1.44. The predicted octanol–water partition coefficient (Wildman–Crippen LogP) is -2.89. The number of carboxylic acids is 2. The molecule has 4 unspecified atom stereocenters. The third-order valence-corrected chi connectivity index (χ3v) is 4.50. The molecule has 0 aromatic rings. The fraction of sp³-hybridized carbons (Fsp3) is 0.875. The van der Waals surface area contributed by atoms with Crippen molar-refractivity contribution in [2.45, 2.75) is 62.2 Å². The first kappa shape index (κ1) is 23.7. The van der Waals surface area contributed by atoms with Gasteiger partial charge in [-0.15, -0.1) is 0 Å². The van der Waals surface area contributed by atoms with Crippen LogP contribution in [-0.2, 0) is 14.3 Å². The highest BCUT2D eigenvalue weighted by molar-refractivity contribution is 5.74. The topological polar surface area (TPSA) is 189 Å². The third-order valence-electron chi connectivity index (χ3n) is 4.50. The van der Waals surface area contributed by atoms with Crippen LogP contribution in [0.3, 0.4) is 0 Å². The molecule has 3 saturated heterocycles. The zero-order valence-corrected chi connectivity index (χ0v) is 15.0. The molecule has 3 aliphatic heterocycles. The predicted molar refractivity (Wildman–Crippen MR) is 92.2 cm³/mol. The van der Waals surface area contributed by atoms with Gasteiger partial charge in [0.1, 0.15) is 36.5 Å². The number of ether oxygens (including phenoxy) is 1. The second-order valence-corrected chi connectivity index (χ2v) is 6.58. The van der Waals surface area contributed by atoms with E-state index < -0.39 is 36.4 Å². The summed E-state index contributed by atoms with van der Waals surface area (Å²) in [6.07, 6.45) is -0.704. The molecule has 8 N–H and O–H groups in total. The van der Waals surface area contributed by atoms with E-state index in [1.165, 1.54) is 0 Å². The fourth-order valence-electron chi connectivity index (χ4n) is 2.82. The second-order valence-electron chi connectivity index (χ2n) is 6.58. The third kappa shape index (κ3) is 8.05. The minimum atomic E-state index is -1.22. The van der Waals surface area contributed by atoms with Crippen LogP contribution >= 0.6 is 0 Å². The second kappa shape index (κ2) is 12.2. The molecule has 3 rings (SSSR count). The summed E-state index contributed by atoms with van der Waals surface area (Å²) in [4.78, 5) is 20.3. The van der Waals surface area contributed by atoms with Crippen LogP contribution < -0.4 is 10.6 Å². The van der Waals surface area contributed by atoms with Crippen LogP contribution in [0, 0.1) is 0 Å². The zero-order chi connectivity index (χ0) is 20.4. The first-order valence-electron chi connectivity index (χ1n) is 8.97. The smallest absolute Gasteiger partial charge is 0.320 e. The van der Waals surface area contributed by atoms with Gasteiger partial charge in [-0.25, -0.2) is 0 Å². The lowest BCUT2D eigenvalue weighted by molar-refractivity contribution is -0.195. The summed E-state index contributed by atoms with van der Waals surface area (Å²) in [5, 5.41) is 58.1. The van der Waals surface area contributed by atoms with Crippen molar-refractivity contribution in [1.29, 1.82) is 0 Å². The average Bonchev–Trinajstić information content (AvgIpc) is 3.34. The first-order chi connectivity index (χ1) is 12.8. The molecule has 0 aromatic heterocycles. The highest BCUT2D eigenvalue weighted by Crippen LogP contribution is 2.14. The average molecular weight is 394 g/mol. The zero-order valence-electron chi connectivity index (χ0n) is 15.0. The number of nitrogens with one attached hydrogen (secondary N) is 2. The summed E-state index contributed by atoms with van der Waals surface area (Å²) < 4.78 is 4.81. The van der Waals surface area contributed by atoms with E-state index >= 15 is 0 Å². The highest BCUT2D eigenvalue weighted by Gasteiger charge is 2.36. The van der Waals surface area contributed by atoms with Crippen molar-refractivity contribution in [2.75, 3.05) is 26.3 Å². The van der Waals surface area contributed by atoms with Crippen LogP contribution in [0.4, 0.5) is 0 Å². The van der Waals surface area contributed by atoms with Crippen LogP contribution in [-0.4, -0.2) is 105 Å². The standard InChI is InChI=1S/C6H12O5.2C5H9NO2/c7-1-4-6(10)5(9)3(8)2-11-4;2*7-5(8)4-2-1-3-6-4/h3-10H,1-2H2;2*4,6H,1-3H2,(H,7,8)/t;2*4-/m.00/s1. The summed E-state index contributed by atoms with van der Waals surface area (Å²) in [6, 6.07) is -0.537. The Morgan fingerprint density at radius 3 is 1.67 bits per heavy atom. The maximum absolute atomic E-state index is 10.1. The van der Waals surface area contributed by atoms with Crippen LogP contribution in [0.25, 0.3) is 0 Å². The van der Waals surface area contributed by atoms with Gasteiger partial charge < -0.3 is 46.0 Å². The maximum Gasteiger partial charge on any atom is 0.320 e. The van der Waals surface area contributed by atoms with Crippen molar-refractivity contribution in [3.8, 4) is 0 Å². The number of rotatable bonds is 3. The lowest BCUT2D eigenvalue weighted by Crippen LogP contribution is -2.53. The molecule has 27 heavy (non-hydrogen) atoms. The summed E-state index contributed by atoms with van der Waals surface area (Å²) >= 11 is 0. The number of aliphatic hydroxyl groups is 4. The first-order valence-corrected chi connectivity index (χ1v) is 8.97. The Labute approximate surface area is 157 Å². The molecule has 158 valence electrons. The summed E-state index contributed by atoms with van der Waals surface area (Å²) in [5.41, 5.74) is 0. The minimum Gasteiger partial charge on any atom is -0.480 e. The SMILES string of the molecule is O=C(O)[C@@H]1CCCN1.O=C(O)[C@@H]1CCCN1.OCC1OCC(O)C(O)C1O. The van der Waals surface area contributed by atoms with Gasteiger partial charge in [0, 0.05) is 0 Å². The molecule has 3 aliphatic rings. The van der Waals surface area contributed by atoms with Gasteiger partial charge in [-0.1, -0.05) is 0 Å². The van der Waals surface area contributed by atoms with Crippen molar-refractivity contribution < 1.29 is 45.0 Å². The van der Waals surface area contributed by atoms with Gasteiger partial charge >= 0.3 is 11.9 Å². The highest BCUT2D eigenvalue weighted by atomic mass is 16.5. The van der Waals surface area contributed by atoms with E-state index in [0.29, 0.717) is 0 Å². The molecule has 0 aromatic carbocycles. The van der Waals surface area contributed by atoms with Crippen LogP contribution in [0.15, 0.2) is 0 Å². The lowest BCUT2D eigenvalue weighted by atomic mass is 10.0. The Morgan fingerprint density at radius 2 is 1.37 bits per heavy atom. The number of aliphatic carboxylic acids is 2. The normalized spacial score (nSPS) is 35.4. The molecule has 6 atom stereocenters. The molecular weight excluding hydrogens is 364 g/mol. The van der Waals surface area contributed by atoms with E-state index in [1.807, 2.05) is 0 Å². The minimum absolute atomic E-state index is 0.0521. The van der Waals surface area contributed by atoms with Crippen LogP contribution in [0.2, 0.25) is 0 Å². The number of carboxylic acid groups (broad SMARTS) is 2. The summed E-state index contributed by atoms with van der Waals surface area (Å²) in [6.45, 7) is 1.31. The molecule has 0 saturated carbocycles. The Balaban J connectivity index is 0.000000206. The van der Waals surface area contributed by atoms with Crippen molar-refractivity contribution in [2.24, 2.45) is 0 Å². The van der Waals surface area contributed by atoms with Gasteiger partial charge in [0.05, 0.1) is 13.2 Å². The Bertz CT molecular complexity index is 425. The van der Waals surface area contributed by atoms with Crippen molar-refractivity contribution in [3.05, 3.63) is 0 Å². The maximum atomic E-state index is 10.1. The van der Waals surface area contributed by atoms with Crippen molar-refractivity contribution >= 4 is 11.9 Å². The summed E-state index contributed by atoms with van der Waals surface area (Å²) in [7, 11) is 0. The van der Waals surface area contributed by atoms with E-state index in [1.54, 1.807) is 0 Å². The van der Waals surface area contributed by atoms with Gasteiger partial charge in [-0.05, 0) is 38.8 Å². The van der Waals surface area contributed by atoms with E-state index in [-0.39, 0.29) is 25.3 Å². The lowest BCUT2D eigenvalue weighted by Gasteiger charge is -2.34. The van der Waals surface area contributed by atoms with E-state index in [4.69, 9.17) is 35.4 Å². The van der Waals surface area contributed by atoms with Crippen LogP contribution in [0.1, 0.15) is 25.7 Å². The molecular formula is C16H30N2O9. The Kier molecular flexibility index (Phi) is 10.7. The van der Waals surface area contributed by atoms with Gasteiger partial charge in [-0.2, -0.15) is 0 Å². The van der Waals surface area contributed by atoms with E-state index in [9.17, 15) is 9.59 Å². The number of hydrogen-bond donors (Lipinski definition) is 8. The fourth-order valence-corrected chi connectivity index (χ4v) is 2.82. The number of hydrogen-bond acceptors (Lipinski definition) is 9. The number of aliphatic hydroxyl groups excluding tert-OH is 4. The quantitative estimate of drug-likeness (QED) is 0.245. The molecule has 3 heterocycles. The molecule has 0 radical (unpaired) electrons. The van der Waals surface area contributed by atoms with Crippen molar-refractivity contribution in [3.63, 3.8) is 0 Å². The molecule has 11 heteroatoms. The van der Waals surface area contributed by atoms with Crippen LogP contribution in [0.5, 0.6) is 0 Å². The van der Waals surface area contributed by atoms with E-state index in [2.05, 4.69) is 10.6 Å². The van der Waals surface area contributed by atoms with Gasteiger partial charge in [0.15, 0.2) is 0 Å². The molecule has 3 fully saturated rings. The monoisotopic (exact) mass is 394 g/mol. The number of carbonyl (C=O) groups is 2. The molecule has 0 aliphatic carbocycles. The Morgan fingerprint density at radius 1 is 0.889 bits per heavy atom. The molecule has 0 bridgehead atoms. The van der Waals surface area contributed by atoms with Gasteiger partial charge in [0.25, 0.3) is 0 Å². The molecule has 0 amide bonds. The van der Waals surface area contributed by atoms with Gasteiger partial charge in [-0.3, -0.25) is 9.59 Å². The molecule has 0 spiro atoms.